The number of esters is 1. The molecule has 0 aliphatic heterocycles. The number of hydrogen-bond donors (Lipinski definition) is 1. The summed E-state index contributed by atoms with van der Waals surface area (Å²) in [5.41, 5.74) is 1.78. The van der Waals surface area contributed by atoms with Crippen LogP contribution >= 0.6 is 22.9 Å². The second-order valence-corrected chi connectivity index (χ2v) is 7.33. The number of hydrogen-bond acceptors (Lipinski definition) is 4. The molecule has 0 spiro atoms. The molecule has 0 bridgehead atoms. The molecule has 2 aromatic carbocycles. The third-order valence-electron chi connectivity index (χ3n) is 3.89. The minimum absolute atomic E-state index is 0.281. The number of ether oxygens (including phenoxy) is 1. The van der Waals surface area contributed by atoms with E-state index in [2.05, 4.69) is 5.32 Å². The molecule has 1 atom stereocenters. The molecule has 0 aliphatic rings. The lowest BCUT2D eigenvalue weighted by molar-refractivity contribution is -0.143. The summed E-state index contributed by atoms with van der Waals surface area (Å²) >= 11 is 7.38. The van der Waals surface area contributed by atoms with Gasteiger partial charge in [-0.15, -0.1) is 11.3 Å². The normalized spacial score (nSPS) is 11.9. The van der Waals surface area contributed by atoms with E-state index in [1.165, 1.54) is 6.08 Å². The van der Waals surface area contributed by atoms with Gasteiger partial charge in [0, 0.05) is 16.0 Å². The zero-order chi connectivity index (χ0) is 19.8. The van der Waals surface area contributed by atoms with Gasteiger partial charge in [0.25, 0.3) is 5.91 Å². The topological polar surface area (TPSA) is 55.4 Å². The summed E-state index contributed by atoms with van der Waals surface area (Å²) in [6.07, 6.45) is 2.89. The van der Waals surface area contributed by atoms with Crippen molar-refractivity contribution < 1.29 is 14.3 Å². The Labute approximate surface area is 172 Å². The highest BCUT2D eigenvalue weighted by atomic mass is 35.5. The van der Waals surface area contributed by atoms with Crippen LogP contribution in [0.5, 0.6) is 0 Å². The Bertz CT molecular complexity index is 938. The highest BCUT2D eigenvalue weighted by Gasteiger charge is 2.18. The average molecular weight is 412 g/mol. The van der Waals surface area contributed by atoms with Crippen LogP contribution in [0.15, 0.2) is 78.2 Å². The molecule has 0 aliphatic carbocycles. The second kappa shape index (κ2) is 9.88. The van der Waals surface area contributed by atoms with Crippen LogP contribution in [0.2, 0.25) is 5.02 Å². The van der Waals surface area contributed by atoms with Crippen LogP contribution in [0.3, 0.4) is 0 Å². The lowest BCUT2D eigenvalue weighted by atomic mass is 10.1. The van der Waals surface area contributed by atoms with Gasteiger partial charge in [-0.3, -0.25) is 4.79 Å². The highest BCUT2D eigenvalue weighted by molar-refractivity contribution is 7.10. The first kappa shape index (κ1) is 19.9. The van der Waals surface area contributed by atoms with Crippen molar-refractivity contribution in [1.29, 1.82) is 0 Å². The summed E-state index contributed by atoms with van der Waals surface area (Å²) in [6, 6.07) is 20.3. The molecule has 1 N–H and O–H groups in total. The summed E-state index contributed by atoms with van der Waals surface area (Å²) in [6.45, 7) is -0.349. The van der Waals surface area contributed by atoms with Crippen molar-refractivity contribution >= 4 is 40.9 Å². The highest BCUT2D eigenvalue weighted by Crippen LogP contribution is 2.25. The first-order chi connectivity index (χ1) is 13.6. The molecule has 1 amide bonds. The van der Waals surface area contributed by atoms with E-state index in [0.717, 1.165) is 16.0 Å². The van der Waals surface area contributed by atoms with E-state index in [1.807, 2.05) is 47.8 Å². The maximum Gasteiger partial charge on any atom is 0.331 e. The maximum atomic E-state index is 12.3. The fourth-order valence-electron chi connectivity index (χ4n) is 2.55. The van der Waals surface area contributed by atoms with Gasteiger partial charge in [-0.25, -0.2) is 4.79 Å². The van der Waals surface area contributed by atoms with Gasteiger partial charge in [0.15, 0.2) is 6.61 Å². The SMILES string of the molecule is O=C(COC(=O)/C=C/c1ccc(Cl)cc1)N[C@@H](c1ccccc1)c1cccs1. The molecule has 0 unspecified atom stereocenters. The molecule has 0 radical (unpaired) electrons. The Hall–Kier alpha value is -2.89. The summed E-state index contributed by atoms with van der Waals surface area (Å²) < 4.78 is 5.04. The Kier molecular flexibility index (Phi) is 7.00. The third-order valence-corrected chi connectivity index (χ3v) is 5.08. The van der Waals surface area contributed by atoms with Gasteiger partial charge >= 0.3 is 5.97 Å². The molecule has 3 rings (SSSR count). The predicted molar refractivity (Wildman–Crippen MR) is 112 cm³/mol. The van der Waals surface area contributed by atoms with Crippen molar-refractivity contribution in [3.05, 3.63) is 99.2 Å². The van der Waals surface area contributed by atoms with E-state index in [-0.39, 0.29) is 18.6 Å². The number of thiophene rings is 1. The molecule has 0 saturated carbocycles. The van der Waals surface area contributed by atoms with Gasteiger partial charge in [-0.2, -0.15) is 0 Å². The Morgan fingerprint density at radius 1 is 1.04 bits per heavy atom. The van der Waals surface area contributed by atoms with Crippen LogP contribution in [0.25, 0.3) is 6.08 Å². The van der Waals surface area contributed by atoms with E-state index in [0.29, 0.717) is 5.02 Å². The second-order valence-electron chi connectivity index (χ2n) is 5.92. The molecule has 28 heavy (non-hydrogen) atoms. The Morgan fingerprint density at radius 2 is 1.79 bits per heavy atom. The fraction of sp³-hybridized carbons (Fsp3) is 0.0909. The Balaban J connectivity index is 1.56. The van der Waals surface area contributed by atoms with Crippen molar-refractivity contribution in [3.8, 4) is 0 Å². The first-order valence-electron chi connectivity index (χ1n) is 8.60. The number of amides is 1. The van der Waals surface area contributed by atoms with E-state index in [4.69, 9.17) is 16.3 Å². The fourth-order valence-corrected chi connectivity index (χ4v) is 3.47. The number of halogens is 1. The van der Waals surface area contributed by atoms with Crippen LogP contribution in [0.1, 0.15) is 22.0 Å². The predicted octanol–water partition coefficient (Wildman–Crippen LogP) is 4.86. The average Bonchev–Trinajstić information content (AvgIpc) is 3.25. The summed E-state index contributed by atoms with van der Waals surface area (Å²) in [5.74, 6) is -0.951. The van der Waals surface area contributed by atoms with E-state index >= 15 is 0 Å². The van der Waals surface area contributed by atoms with Gasteiger partial charge in [0.05, 0.1) is 6.04 Å². The lowest BCUT2D eigenvalue weighted by Gasteiger charge is -2.18. The minimum Gasteiger partial charge on any atom is -0.452 e. The van der Waals surface area contributed by atoms with Crippen molar-refractivity contribution in [1.82, 2.24) is 5.32 Å². The molecule has 1 aromatic heterocycles. The van der Waals surface area contributed by atoms with Crippen LogP contribution in [-0.2, 0) is 14.3 Å². The monoisotopic (exact) mass is 411 g/mol. The number of benzene rings is 2. The van der Waals surface area contributed by atoms with Gasteiger partial charge in [-0.05, 0) is 40.8 Å². The molecule has 1 heterocycles. The van der Waals surface area contributed by atoms with Crippen molar-refractivity contribution in [2.24, 2.45) is 0 Å². The molecule has 0 fully saturated rings. The van der Waals surface area contributed by atoms with Gasteiger partial charge in [0.1, 0.15) is 0 Å². The lowest BCUT2D eigenvalue weighted by Crippen LogP contribution is -2.32. The number of rotatable bonds is 7. The Morgan fingerprint density at radius 3 is 2.46 bits per heavy atom. The zero-order valence-corrected chi connectivity index (χ0v) is 16.5. The van der Waals surface area contributed by atoms with Crippen molar-refractivity contribution in [2.45, 2.75) is 6.04 Å². The quantitative estimate of drug-likeness (QED) is 0.446. The van der Waals surface area contributed by atoms with Crippen molar-refractivity contribution in [3.63, 3.8) is 0 Å². The van der Waals surface area contributed by atoms with Crippen LogP contribution < -0.4 is 5.32 Å². The van der Waals surface area contributed by atoms with E-state index < -0.39 is 5.97 Å². The maximum absolute atomic E-state index is 12.3. The standard InChI is InChI=1S/C22H18ClNO3S/c23-18-11-8-16(9-12-18)10-13-21(26)27-15-20(25)24-22(19-7-4-14-28-19)17-5-2-1-3-6-17/h1-14,22H,15H2,(H,24,25)/b13-10+/t22-/m0/s1. The summed E-state index contributed by atoms with van der Waals surface area (Å²) in [4.78, 5) is 25.2. The summed E-state index contributed by atoms with van der Waals surface area (Å²) in [5, 5.41) is 5.50. The van der Waals surface area contributed by atoms with Gasteiger partial charge < -0.3 is 10.1 Å². The van der Waals surface area contributed by atoms with Gasteiger partial charge in [-0.1, -0.05) is 60.1 Å². The first-order valence-corrected chi connectivity index (χ1v) is 9.86. The van der Waals surface area contributed by atoms with Crippen molar-refractivity contribution in [2.75, 3.05) is 6.61 Å². The largest absolute Gasteiger partial charge is 0.452 e. The third kappa shape index (κ3) is 5.81. The van der Waals surface area contributed by atoms with Gasteiger partial charge in [0.2, 0.25) is 0 Å². The van der Waals surface area contributed by atoms with Crippen LogP contribution in [0.4, 0.5) is 0 Å². The molecule has 4 nitrogen and oxygen atoms in total. The molecule has 0 saturated heterocycles. The van der Waals surface area contributed by atoms with Crippen LogP contribution in [-0.4, -0.2) is 18.5 Å². The molecular formula is C22H18ClNO3S. The number of carbonyl (C=O) groups excluding carboxylic acids is 2. The molecule has 3 aromatic rings. The number of nitrogens with one attached hydrogen (secondary N) is 1. The smallest absolute Gasteiger partial charge is 0.331 e. The minimum atomic E-state index is -0.586. The van der Waals surface area contributed by atoms with E-state index in [1.54, 1.807) is 41.7 Å². The molecular weight excluding hydrogens is 394 g/mol. The van der Waals surface area contributed by atoms with Crippen LogP contribution in [0, 0.1) is 0 Å². The summed E-state index contributed by atoms with van der Waals surface area (Å²) in [7, 11) is 0. The van der Waals surface area contributed by atoms with E-state index in [9.17, 15) is 9.59 Å². The molecule has 142 valence electrons. The molecule has 6 heteroatoms. The number of carbonyl (C=O) groups is 2. The zero-order valence-electron chi connectivity index (χ0n) is 14.9.